The molecule has 2 heterocycles. The molecule has 192 valence electrons. The average Bonchev–Trinajstić information content (AvgIpc) is 3.21. The van der Waals surface area contributed by atoms with E-state index in [9.17, 15) is 13.2 Å². The molecule has 0 radical (unpaired) electrons. The molecule has 0 saturated heterocycles. The first kappa shape index (κ1) is 26.8. The molecule has 0 spiro atoms. The number of nitrogens with one attached hydrogen (secondary N) is 3. The predicted molar refractivity (Wildman–Crippen MR) is 136 cm³/mol. The summed E-state index contributed by atoms with van der Waals surface area (Å²) in [4.78, 5) is 9.84. The fourth-order valence-corrected chi connectivity index (χ4v) is 4.60. The molecule has 2 aromatic rings. The Balaban J connectivity index is 1.89. The number of allylic oxidation sites excluding steroid dienone is 1. The number of hydrogen-bond donors (Lipinski definition) is 3. The molecule has 6 nitrogen and oxygen atoms in total. The van der Waals surface area contributed by atoms with Gasteiger partial charge >= 0.3 is 0 Å². The lowest BCUT2D eigenvalue weighted by Gasteiger charge is -2.41. The number of alkyl halides is 3. The van der Waals surface area contributed by atoms with Crippen LogP contribution in [-0.2, 0) is 11.2 Å². The fraction of sp³-hybridized carbons (Fsp3) is 0.500. The molecule has 0 saturated carbocycles. The number of aliphatic imine (C=N–C) groups is 1. The smallest absolute Gasteiger partial charge is 0.251 e. The molecule has 1 aliphatic heterocycles. The molecule has 1 aromatic heterocycles. The van der Waals surface area contributed by atoms with Crippen molar-refractivity contribution in [3.05, 3.63) is 59.6 Å². The van der Waals surface area contributed by atoms with Gasteiger partial charge in [-0.1, -0.05) is 24.8 Å². The zero-order valence-electron chi connectivity index (χ0n) is 20.7. The van der Waals surface area contributed by atoms with Crippen LogP contribution in [0.4, 0.5) is 13.2 Å². The van der Waals surface area contributed by atoms with Crippen LogP contribution in [-0.4, -0.2) is 68.2 Å². The standard InChI is InChI=1S/C26H36F3N5O/c1-5-23(31-14-13-30-12-8-11-27)33-26(35-4)18(3)25-24-20(15-17(2)34(25)16-22(28)29)19-9-6-7-10-21(19)32-24/h5-7,9-10,17,22,25,30-32H,3,8,11-16H2,1-2,4H3/b23-5-,33-26?/t17-,25-/m1/s1. The van der Waals surface area contributed by atoms with Crippen molar-refractivity contribution in [1.29, 1.82) is 0 Å². The Hall–Kier alpha value is -2.78. The van der Waals surface area contributed by atoms with Crippen LogP contribution in [0.5, 0.6) is 0 Å². The Morgan fingerprint density at radius 1 is 1.31 bits per heavy atom. The van der Waals surface area contributed by atoms with Gasteiger partial charge in [-0.25, -0.2) is 8.78 Å². The number of nitrogens with zero attached hydrogens (tertiary/aromatic N) is 2. The summed E-state index contributed by atoms with van der Waals surface area (Å²) in [6.07, 6.45) is 0.460. The number of ether oxygens (including phenoxy) is 1. The van der Waals surface area contributed by atoms with Crippen molar-refractivity contribution in [2.75, 3.05) is 40.0 Å². The largest absolute Gasteiger partial charge is 0.481 e. The molecule has 0 unspecified atom stereocenters. The zero-order chi connectivity index (χ0) is 25.4. The van der Waals surface area contributed by atoms with Crippen LogP contribution < -0.4 is 10.6 Å². The molecule has 9 heteroatoms. The second kappa shape index (κ2) is 12.8. The van der Waals surface area contributed by atoms with Crippen molar-refractivity contribution in [2.24, 2.45) is 4.99 Å². The Labute approximate surface area is 205 Å². The van der Waals surface area contributed by atoms with Crippen LogP contribution in [0.3, 0.4) is 0 Å². The van der Waals surface area contributed by atoms with E-state index in [1.165, 1.54) is 7.11 Å². The number of benzene rings is 1. The van der Waals surface area contributed by atoms with E-state index < -0.39 is 12.5 Å². The highest BCUT2D eigenvalue weighted by Crippen LogP contribution is 2.41. The molecule has 0 bridgehead atoms. The van der Waals surface area contributed by atoms with Gasteiger partial charge in [0.25, 0.3) is 6.43 Å². The van der Waals surface area contributed by atoms with Crippen molar-refractivity contribution < 1.29 is 17.9 Å². The molecule has 2 atom stereocenters. The quantitative estimate of drug-likeness (QED) is 0.228. The van der Waals surface area contributed by atoms with E-state index in [-0.39, 0.29) is 25.2 Å². The first-order valence-electron chi connectivity index (χ1n) is 12.0. The highest BCUT2D eigenvalue weighted by atomic mass is 19.3. The number of aromatic nitrogens is 1. The van der Waals surface area contributed by atoms with Crippen molar-refractivity contribution in [3.8, 4) is 0 Å². The second-order valence-corrected chi connectivity index (χ2v) is 8.65. The molecule has 0 fully saturated rings. The normalized spacial score (nSPS) is 19.3. The lowest BCUT2D eigenvalue weighted by Crippen LogP contribution is -2.46. The first-order chi connectivity index (χ1) is 16.9. The van der Waals surface area contributed by atoms with Gasteiger partial charge in [-0.3, -0.25) is 9.29 Å². The van der Waals surface area contributed by atoms with Gasteiger partial charge in [-0.2, -0.15) is 4.99 Å². The van der Waals surface area contributed by atoms with Crippen molar-refractivity contribution in [3.63, 3.8) is 0 Å². The summed E-state index contributed by atoms with van der Waals surface area (Å²) in [6, 6.07) is 7.32. The van der Waals surface area contributed by atoms with Crippen LogP contribution in [0, 0.1) is 0 Å². The molecule has 0 amide bonds. The number of rotatable bonds is 12. The maximum atomic E-state index is 13.6. The van der Waals surface area contributed by atoms with E-state index in [4.69, 9.17) is 4.74 Å². The molecule has 3 N–H and O–H groups in total. The number of fused-ring (bicyclic) bond motifs is 3. The van der Waals surface area contributed by atoms with Crippen LogP contribution >= 0.6 is 0 Å². The minimum Gasteiger partial charge on any atom is -0.481 e. The number of halogens is 3. The summed E-state index contributed by atoms with van der Waals surface area (Å²) in [5.74, 6) is 0.857. The lowest BCUT2D eigenvalue weighted by molar-refractivity contribution is 0.0455. The maximum absolute atomic E-state index is 13.6. The van der Waals surface area contributed by atoms with Gasteiger partial charge in [0.2, 0.25) is 5.90 Å². The molecule has 35 heavy (non-hydrogen) atoms. The van der Waals surface area contributed by atoms with Gasteiger partial charge in [0.1, 0.15) is 5.82 Å². The van der Waals surface area contributed by atoms with Crippen molar-refractivity contribution in [2.45, 2.75) is 45.2 Å². The van der Waals surface area contributed by atoms with E-state index in [1.807, 2.05) is 38.1 Å². The Morgan fingerprint density at radius 3 is 2.77 bits per heavy atom. The van der Waals surface area contributed by atoms with Gasteiger partial charge in [0.15, 0.2) is 0 Å². The number of para-hydroxylation sites is 1. The number of methoxy groups -OCH3 is 1. The summed E-state index contributed by atoms with van der Waals surface area (Å²) >= 11 is 0. The summed E-state index contributed by atoms with van der Waals surface area (Å²) in [5.41, 5.74) is 3.44. The summed E-state index contributed by atoms with van der Waals surface area (Å²) in [6.45, 7) is 9.20. The van der Waals surface area contributed by atoms with Gasteiger partial charge in [0.05, 0.1) is 26.4 Å². The fourth-order valence-electron chi connectivity index (χ4n) is 4.60. The Bertz CT molecular complexity index is 1050. The second-order valence-electron chi connectivity index (χ2n) is 8.65. The zero-order valence-corrected chi connectivity index (χ0v) is 20.7. The predicted octanol–water partition coefficient (Wildman–Crippen LogP) is 4.72. The van der Waals surface area contributed by atoms with Crippen LogP contribution in [0.15, 0.2) is 53.3 Å². The number of hydrogen-bond acceptors (Lipinski definition) is 5. The van der Waals surface area contributed by atoms with Gasteiger partial charge in [-0.15, -0.1) is 0 Å². The highest BCUT2D eigenvalue weighted by molar-refractivity contribution is 5.96. The van der Waals surface area contributed by atoms with Crippen molar-refractivity contribution in [1.82, 2.24) is 20.5 Å². The summed E-state index contributed by atoms with van der Waals surface area (Å²) in [7, 11) is 1.51. The third-order valence-electron chi connectivity index (χ3n) is 6.25. The van der Waals surface area contributed by atoms with Crippen LogP contribution in [0.1, 0.15) is 37.6 Å². The monoisotopic (exact) mass is 491 g/mol. The topological polar surface area (TPSA) is 64.7 Å². The molecule has 1 aromatic carbocycles. The third kappa shape index (κ3) is 6.46. The summed E-state index contributed by atoms with van der Waals surface area (Å²) < 4.78 is 45.1. The van der Waals surface area contributed by atoms with Crippen molar-refractivity contribution >= 4 is 16.8 Å². The Morgan fingerprint density at radius 2 is 2.09 bits per heavy atom. The minimum absolute atomic E-state index is 0.120. The lowest BCUT2D eigenvalue weighted by atomic mass is 9.88. The summed E-state index contributed by atoms with van der Waals surface area (Å²) in [5, 5.41) is 7.46. The van der Waals surface area contributed by atoms with E-state index in [1.54, 1.807) is 4.90 Å². The first-order valence-corrected chi connectivity index (χ1v) is 12.0. The van der Waals surface area contributed by atoms with E-state index in [2.05, 4.69) is 33.3 Å². The van der Waals surface area contributed by atoms with Gasteiger partial charge in [0, 0.05) is 41.3 Å². The minimum atomic E-state index is -2.49. The van der Waals surface area contributed by atoms with Gasteiger partial charge in [-0.05, 0) is 50.9 Å². The maximum Gasteiger partial charge on any atom is 0.251 e. The third-order valence-corrected chi connectivity index (χ3v) is 6.25. The van der Waals surface area contributed by atoms with Crippen LogP contribution in [0.2, 0.25) is 0 Å². The number of H-pyrrole nitrogens is 1. The average molecular weight is 492 g/mol. The molecule has 3 rings (SSSR count). The molecule has 1 aliphatic rings. The molecular formula is C26H36F3N5O. The van der Waals surface area contributed by atoms with E-state index in [0.717, 1.165) is 22.2 Å². The number of aromatic amines is 1. The molecule has 0 aliphatic carbocycles. The van der Waals surface area contributed by atoms with E-state index in [0.29, 0.717) is 43.9 Å². The van der Waals surface area contributed by atoms with E-state index >= 15 is 0 Å². The SMILES string of the molecule is C=C(C(=N/C(=C\C)NCCNCCCF)OC)[C@@H]1c2[nH]c3ccccc3c2C[C@@H](C)N1CC(F)F. The van der Waals surface area contributed by atoms with Gasteiger partial charge < -0.3 is 20.4 Å². The molecular weight excluding hydrogens is 455 g/mol. The highest BCUT2D eigenvalue weighted by Gasteiger charge is 2.39. The van der Waals surface area contributed by atoms with Crippen LogP contribution in [0.25, 0.3) is 10.9 Å². The Kier molecular flexibility index (Phi) is 9.80.